The van der Waals surface area contributed by atoms with E-state index < -0.39 is 0 Å². The Bertz CT molecular complexity index is 1570. The van der Waals surface area contributed by atoms with Gasteiger partial charge in [0.1, 0.15) is 0 Å². The smallest absolute Gasteiger partial charge is 0.203 e. The molecule has 1 aliphatic carbocycles. The molecular weight excluding hydrogens is 564 g/mol. The first-order chi connectivity index (χ1) is 21.9. The van der Waals surface area contributed by atoms with Crippen molar-refractivity contribution in [3.63, 3.8) is 0 Å². The van der Waals surface area contributed by atoms with Crippen molar-refractivity contribution in [1.29, 1.82) is 0 Å². The number of hydrogen-bond donors (Lipinski definition) is 0. The maximum Gasteiger partial charge on any atom is 0.203 e. The van der Waals surface area contributed by atoms with Crippen LogP contribution in [0, 0.1) is 0 Å². The van der Waals surface area contributed by atoms with Crippen LogP contribution in [0.2, 0.25) is 0 Å². The first kappa shape index (κ1) is 31.6. The second-order valence-electron chi connectivity index (χ2n) is 11.0. The van der Waals surface area contributed by atoms with Crippen molar-refractivity contribution in [2.75, 3.05) is 42.7 Å². The minimum absolute atomic E-state index is 0.0720. The standard InChI is InChI=1S/C39H42O6/c1-9-39(10-2)31-19-25(11-13-27-21-33(40-3)37(44-7)34(22-27)41-4)15-17-29(31)30-18-16-26(20-32(30)39)12-14-28-23-35(42-5)38(45-8)36(24-28)43-6/h11-24H,9-10H2,1-8H3. The fourth-order valence-corrected chi connectivity index (χ4v) is 6.53. The van der Waals surface area contributed by atoms with Crippen molar-refractivity contribution in [2.45, 2.75) is 32.1 Å². The lowest BCUT2D eigenvalue weighted by Gasteiger charge is -2.30. The summed E-state index contributed by atoms with van der Waals surface area (Å²) in [4.78, 5) is 0. The van der Waals surface area contributed by atoms with E-state index in [1.165, 1.54) is 22.3 Å². The predicted molar refractivity (Wildman–Crippen MR) is 183 cm³/mol. The van der Waals surface area contributed by atoms with Crippen molar-refractivity contribution >= 4 is 24.3 Å². The monoisotopic (exact) mass is 606 g/mol. The number of fused-ring (bicyclic) bond motifs is 3. The molecule has 5 rings (SSSR count). The zero-order chi connectivity index (χ0) is 32.1. The molecule has 0 N–H and O–H groups in total. The molecule has 6 nitrogen and oxygen atoms in total. The van der Waals surface area contributed by atoms with Crippen LogP contribution in [0.25, 0.3) is 35.4 Å². The number of benzene rings is 4. The molecule has 0 amide bonds. The van der Waals surface area contributed by atoms with Crippen LogP contribution in [-0.2, 0) is 5.41 Å². The molecule has 0 bridgehead atoms. The van der Waals surface area contributed by atoms with Crippen molar-refractivity contribution in [3.05, 3.63) is 94.0 Å². The van der Waals surface area contributed by atoms with Crippen molar-refractivity contribution in [2.24, 2.45) is 0 Å². The van der Waals surface area contributed by atoms with Crippen LogP contribution in [0.15, 0.2) is 60.7 Å². The lowest BCUT2D eigenvalue weighted by atomic mass is 9.73. The third-order valence-corrected chi connectivity index (χ3v) is 8.93. The fraction of sp³-hybridized carbons (Fsp3) is 0.282. The molecule has 0 radical (unpaired) electrons. The van der Waals surface area contributed by atoms with E-state index in [0.717, 1.165) is 35.1 Å². The zero-order valence-corrected chi connectivity index (χ0v) is 27.4. The third kappa shape index (κ3) is 5.73. The molecule has 4 aromatic rings. The lowest BCUT2D eigenvalue weighted by molar-refractivity contribution is 0.324. The zero-order valence-electron chi connectivity index (χ0n) is 27.4. The molecule has 0 fully saturated rings. The average Bonchev–Trinajstić information content (AvgIpc) is 3.36. The molecule has 0 heterocycles. The van der Waals surface area contributed by atoms with Gasteiger partial charge in [-0.25, -0.2) is 0 Å². The Labute approximate surface area is 266 Å². The summed E-state index contributed by atoms with van der Waals surface area (Å²) >= 11 is 0. The molecule has 0 aliphatic heterocycles. The maximum atomic E-state index is 5.55. The Morgan fingerprint density at radius 2 is 0.778 bits per heavy atom. The fourth-order valence-electron chi connectivity index (χ4n) is 6.53. The molecule has 6 heteroatoms. The van der Waals surface area contributed by atoms with Gasteiger partial charge in [-0.15, -0.1) is 0 Å². The van der Waals surface area contributed by atoms with Gasteiger partial charge in [0, 0.05) is 5.41 Å². The molecule has 4 aromatic carbocycles. The predicted octanol–water partition coefficient (Wildman–Crippen LogP) is 9.17. The molecule has 0 saturated carbocycles. The summed E-state index contributed by atoms with van der Waals surface area (Å²) < 4.78 is 33.2. The van der Waals surface area contributed by atoms with Gasteiger partial charge in [-0.05, 0) is 81.6 Å². The van der Waals surface area contributed by atoms with Crippen LogP contribution in [-0.4, -0.2) is 42.7 Å². The van der Waals surface area contributed by atoms with Gasteiger partial charge in [-0.2, -0.15) is 0 Å². The largest absolute Gasteiger partial charge is 0.493 e. The van der Waals surface area contributed by atoms with E-state index in [9.17, 15) is 0 Å². The topological polar surface area (TPSA) is 55.4 Å². The van der Waals surface area contributed by atoms with Crippen LogP contribution in [0.3, 0.4) is 0 Å². The molecule has 1 aliphatic rings. The van der Waals surface area contributed by atoms with Gasteiger partial charge < -0.3 is 28.4 Å². The minimum Gasteiger partial charge on any atom is -0.493 e. The van der Waals surface area contributed by atoms with Crippen LogP contribution in [0.5, 0.6) is 34.5 Å². The Balaban J connectivity index is 1.49. The van der Waals surface area contributed by atoms with Crippen LogP contribution >= 0.6 is 0 Å². The van der Waals surface area contributed by atoms with Crippen LogP contribution in [0.1, 0.15) is 60.1 Å². The maximum absolute atomic E-state index is 5.55. The summed E-state index contributed by atoms with van der Waals surface area (Å²) in [5, 5.41) is 0. The van der Waals surface area contributed by atoms with Crippen molar-refractivity contribution < 1.29 is 28.4 Å². The molecule has 45 heavy (non-hydrogen) atoms. The summed E-state index contributed by atoms with van der Waals surface area (Å²) in [7, 11) is 9.75. The average molecular weight is 607 g/mol. The Kier molecular flexibility index (Phi) is 9.43. The highest BCUT2D eigenvalue weighted by atomic mass is 16.5. The van der Waals surface area contributed by atoms with Gasteiger partial charge in [0.2, 0.25) is 11.5 Å². The summed E-state index contributed by atoms with van der Waals surface area (Å²) in [5.74, 6) is 3.69. The van der Waals surface area contributed by atoms with E-state index in [-0.39, 0.29) is 5.41 Å². The van der Waals surface area contributed by atoms with Crippen molar-refractivity contribution in [1.82, 2.24) is 0 Å². The van der Waals surface area contributed by atoms with Gasteiger partial charge in [-0.1, -0.05) is 74.5 Å². The van der Waals surface area contributed by atoms with Gasteiger partial charge in [-0.3, -0.25) is 0 Å². The minimum atomic E-state index is -0.0720. The number of ether oxygens (including phenoxy) is 6. The Morgan fingerprint density at radius 1 is 0.444 bits per heavy atom. The van der Waals surface area contributed by atoms with E-state index in [2.05, 4.69) is 74.5 Å². The second kappa shape index (κ2) is 13.4. The number of methoxy groups -OCH3 is 6. The Morgan fingerprint density at radius 3 is 1.07 bits per heavy atom. The summed E-state index contributed by atoms with van der Waals surface area (Å²) in [6, 6.07) is 21.4. The highest BCUT2D eigenvalue weighted by Gasteiger charge is 2.40. The van der Waals surface area contributed by atoms with Gasteiger partial charge in [0.15, 0.2) is 23.0 Å². The lowest BCUT2D eigenvalue weighted by Crippen LogP contribution is -2.23. The molecule has 0 atom stereocenters. The quantitative estimate of drug-likeness (QED) is 0.150. The summed E-state index contributed by atoms with van der Waals surface area (Å²) in [6.07, 6.45) is 10.5. The third-order valence-electron chi connectivity index (χ3n) is 8.93. The molecule has 0 spiro atoms. The SMILES string of the molecule is CCC1(CC)c2cc(C=Cc3cc(OC)c(OC)c(OC)c3)ccc2-c2ccc(C=Cc3cc(OC)c(OC)c(OC)c3)cc21. The van der Waals surface area contributed by atoms with E-state index in [0.29, 0.717) is 34.5 Å². The number of rotatable bonds is 12. The highest BCUT2D eigenvalue weighted by Crippen LogP contribution is 2.53. The van der Waals surface area contributed by atoms with Gasteiger partial charge in [0.05, 0.1) is 42.7 Å². The summed E-state index contributed by atoms with van der Waals surface area (Å²) in [5.41, 5.74) is 9.51. The normalized spacial score (nSPS) is 13.1. The number of hydrogen-bond acceptors (Lipinski definition) is 6. The van der Waals surface area contributed by atoms with Crippen LogP contribution < -0.4 is 28.4 Å². The first-order valence-electron chi connectivity index (χ1n) is 15.2. The van der Waals surface area contributed by atoms with Crippen LogP contribution in [0.4, 0.5) is 0 Å². The molecule has 234 valence electrons. The molecule has 0 aromatic heterocycles. The molecule has 0 unspecified atom stereocenters. The first-order valence-corrected chi connectivity index (χ1v) is 15.2. The molecular formula is C39H42O6. The second-order valence-corrected chi connectivity index (χ2v) is 11.0. The van der Waals surface area contributed by atoms with Gasteiger partial charge in [0.25, 0.3) is 0 Å². The van der Waals surface area contributed by atoms with Crippen molar-refractivity contribution in [3.8, 4) is 45.6 Å². The van der Waals surface area contributed by atoms with E-state index in [4.69, 9.17) is 28.4 Å². The van der Waals surface area contributed by atoms with Gasteiger partial charge >= 0.3 is 0 Å². The molecule has 0 saturated heterocycles. The van der Waals surface area contributed by atoms with E-state index >= 15 is 0 Å². The summed E-state index contributed by atoms with van der Waals surface area (Å²) in [6.45, 7) is 4.58. The van der Waals surface area contributed by atoms with E-state index in [1.807, 2.05) is 24.3 Å². The van der Waals surface area contributed by atoms with E-state index in [1.54, 1.807) is 42.7 Å². The Hall–Kier alpha value is -4.84. The highest BCUT2D eigenvalue weighted by molar-refractivity contribution is 5.85.